The summed E-state index contributed by atoms with van der Waals surface area (Å²) in [5, 5.41) is 4.24. The highest BCUT2D eigenvalue weighted by Crippen LogP contribution is 2.39. The van der Waals surface area contributed by atoms with Gasteiger partial charge < -0.3 is 24.3 Å². The molecule has 1 N–H and O–H groups in total. The molecule has 2 aliphatic carbocycles. The summed E-state index contributed by atoms with van der Waals surface area (Å²) in [5.41, 5.74) is 6.40. The van der Waals surface area contributed by atoms with E-state index in [1.807, 2.05) is 31.5 Å². The molecule has 0 radical (unpaired) electrons. The molecule has 0 amide bonds. The normalized spacial score (nSPS) is 17.1. The third-order valence-corrected chi connectivity index (χ3v) is 13.1. The van der Waals surface area contributed by atoms with Gasteiger partial charge in [-0.15, -0.1) is 0 Å². The number of nitrogens with one attached hydrogen (secondary N) is 1. The Hall–Kier alpha value is -5.37. The Morgan fingerprint density at radius 2 is 1.05 bits per heavy atom. The molecule has 4 aromatic carbocycles. The van der Waals surface area contributed by atoms with Crippen LogP contribution in [0.2, 0.25) is 0 Å². The van der Waals surface area contributed by atoms with E-state index >= 15 is 0 Å². The Labute approximate surface area is 355 Å². The van der Waals surface area contributed by atoms with Crippen LogP contribution in [-0.2, 0) is 16.4 Å². The van der Waals surface area contributed by atoms with E-state index in [-0.39, 0.29) is 22.5 Å². The minimum absolute atomic E-state index is 0.104. The van der Waals surface area contributed by atoms with E-state index in [0.717, 1.165) is 101 Å². The summed E-state index contributed by atoms with van der Waals surface area (Å²) in [6.45, 7) is 11.6. The minimum Gasteiger partial charge on any atom is -0.367 e. The van der Waals surface area contributed by atoms with Gasteiger partial charge in [-0.1, -0.05) is 47.5 Å². The Balaban J connectivity index is 0.000000140. The molecule has 4 heterocycles. The molecule has 61 heavy (non-hydrogen) atoms. The molecule has 2 aliphatic heterocycles. The molecular weight excluding hydrogens is 795 g/mol. The lowest BCUT2D eigenvalue weighted by atomic mass is 10.1. The number of nitrogens with zero attached hydrogens (tertiary/aromatic N) is 5. The number of anilines is 2. The predicted molar refractivity (Wildman–Crippen MR) is 241 cm³/mol. The first-order valence-electron chi connectivity index (χ1n) is 21.3. The predicted octanol–water partition coefficient (Wildman–Crippen LogP) is 7.39. The van der Waals surface area contributed by atoms with Gasteiger partial charge >= 0.3 is 0 Å². The number of sulfone groups is 1. The molecule has 13 heteroatoms. The summed E-state index contributed by atoms with van der Waals surface area (Å²) in [4.78, 5) is 31.2. The maximum Gasteiger partial charge on any atom is 0.189 e. The van der Waals surface area contributed by atoms with Crippen molar-refractivity contribution >= 4 is 43.0 Å². The molecule has 4 fully saturated rings. The zero-order valence-corrected chi connectivity index (χ0v) is 35.9. The number of benzene rings is 4. The molecule has 0 unspecified atom stereocenters. The van der Waals surface area contributed by atoms with E-state index in [0.29, 0.717) is 39.1 Å². The number of aromatic nitrogens is 2. The van der Waals surface area contributed by atoms with E-state index in [4.69, 9.17) is 0 Å². The summed E-state index contributed by atoms with van der Waals surface area (Å²) >= 11 is 0. The maximum absolute atomic E-state index is 14.9. The van der Waals surface area contributed by atoms with Crippen LogP contribution in [0.4, 0.5) is 20.2 Å². The Morgan fingerprint density at radius 3 is 1.49 bits per heavy atom. The van der Waals surface area contributed by atoms with Crippen LogP contribution < -0.4 is 26.0 Å². The van der Waals surface area contributed by atoms with Crippen molar-refractivity contribution in [3.05, 3.63) is 146 Å². The van der Waals surface area contributed by atoms with Gasteiger partial charge in [-0.2, -0.15) is 0 Å². The highest BCUT2D eigenvalue weighted by Gasteiger charge is 2.27. The smallest absolute Gasteiger partial charge is 0.189 e. The molecule has 10 nitrogen and oxygen atoms in total. The molecule has 320 valence electrons. The van der Waals surface area contributed by atoms with Crippen LogP contribution in [0.15, 0.2) is 112 Å². The van der Waals surface area contributed by atoms with Crippen molar-refractivity contribution in [2.45, 2.75) is 63.1 Å². The maximum atomic E-state index is 14.9. The second-order valence-corrected chi connectivity index (χ2v) is 18.9. The van der Waals surface area contributed by atoms with Gasteiger partial charge in [0.1, 0.15) is 11.6 Å². The fraction of sp³-hybridized carbons (Fsp3) is 0.375. The lowest BCUT2D eigenvalue weighted by Gasteiger charge is -2.36. The topological polar surface area (TPSA) is 99.9 Å². The highest BCUT2D eigenvalue weighted by atomic mass is 32.2. The summed E-state index contributed by atoms with van der Waals surface area (Å²) in [5.74, 6) is -0.592. The zero-order valence-electron chi connectivity index (χ0n) is 35.1. The number of hydrogen-bond acceptors (Lipinski definition) is 8. The van der Waals surface area contributed by atoms with Gasteiger partial charge in [-0.3, -0.25) is 14.5 Å². The highest BCUT2D eigenvalue weighted by molar-refractivity contribution is 7.90. The van der Waals surface area contributed by atoms with Crippen LogP contribution >= 0.6 is 0 Å². The molecule has 2 aromatic heterocycles. The molecule has 0 atom stereocenters. The van der Waals surface area contributed by atoms with Gasteiger partial charge in [0.2, 0.25) is 0 Å². The molecule has 4 aliphatic rings. The minimum atomic E-state index is -3.02. The molecule has 6 aromatic rings. The first-order valence-corrected chi connectivity index (χ1v) is 23.2. The van der Waals surface area contributed by atoms with Crippen molar-refractivity contribution in [1.82, 2.24) is 19.4 Å². The molecule has 10 rings (SSSR count). The number of fused-ring (bicyclic) bond motifs is 2. The average molecular weight is 849 g/mol. The Bertz CT molecular complexity index is 2750. The van der Waals surface area contributed by atoms with Crippen molar-refractivity contribution in [3.8, 4) is 0 Å². The van der Waals surface area contributed by atoms with Gasteiger partial charge in [-0.05, 0) is 81.5 Å². The Kier molecular flexibility index (Phi) is 12.4. The second kappa shape index (κ2) is 17.9. The summed E-state index contributed by atoms with van der Waals surface area (Å²) in [6.07, 6.45) is 9.45. The number of hydrogen-bond donors (Lipinski definition) is 1. The molecule has 2 saturated heterocycles. The third-order valence-electron chi connectivity index (χ3n) is 12.0. The van der Waals surface area contributed by atoms with E-state index in [9.17, 15) is 26.8 Å². The van der Waals surface area contributed by atoms with Crippen LogP contribution in [0.5, 0.6) is 0 Å². The number of pyridine rings is 2. The van der Waals surface area contributed by atoms with Gasteiger partial charge in [0.15, 0.2) is 20.7 Å². The second-order valence-electron chi connectivity index (χ2n) is 16.8. The van der Waals surface area contributed by atoms with Crippen LogP contribution in [0.1, 0.15) is 54.5 Å². The van der Waals surface area contributed by atoms with E-state index in [2.05, 4.69) is 60.3 Å². The van der Waals surface area contributed by atoms with E-state index < -0.39 is 9.84 Å². The average Bonchev–Trinajstić information content (AvgIpc) is 4.19. The lowest BCUT2D eigenvalue weighted by Crippen LogP contribution is -2.46. The van der Waals surface area contributed by atoms with Crippen molar-refractivity contribution in [1.29, 1.82) is 0 Å². The zero-order chi connectivity index (χ0) is 42.8. The van der Waals surface area contributed by atoms with Crippen molar-refractivity contribution in [2.24, 2.45) is 0 Å². The van der Waals surface area contributed by atoms with Crippen LogP contribution in [0, 0.1) is 25.5 Å². The van der Waals surface area contributed by atoms with Crippen LogP contribution in [-0.4, -0.2) is 81.1 Å². The number of halogens is 2. The summed E-state index contributed by atoms with van der Waals surface area (Å²) in [6, 6.07) is 26.1. The summed E-state index contributed by atoms with van der Waals surface area (Å²) in [7, 11) is -3.02. The first-order chi connectivity index (χ1) is 29.3. The fourth-order valence-electron chi connectivity index (χ4n) is 8.18. The molecule has 0 spiro atoms. The van der Waals surface area contributed by atoms with E-state index in [1.54, 1.807) is 36.4 Å². The van der Waals surface area contributed by atoms with Gasteiger partial charge in [0.25, 0.3) is 0 Å². The van der Waals surface area contributed by atoms with Crippen LogP contribution in [0.3, 0.4) is 0 Å². The van der Waals surface area contributed by atoms with Crippen LogP contribution in [0.25, 0.3) is 21.8 Å². The monoisotopic (exact) mass is 848 g/mol. The van der Waals surface area contributed by atoms with Crippen molar-refractivity contribution in [2.75, 3.05) is 68.4 Å². The lowest BCUT2D eigenvalue weighted by molar-refractivity contribution is 0.249. The standard InChI is InChI=1S/C24H26FN3O.C16H18FN3O.C8H10O2S/c1-17-2-4-18(5-3-17)16-26-10-12-27(13-11-26)23-15-22-20(14-21(23)25)24(29)8-9-28(22)19-6-7-19;17-13-9-12-14(10-15(13)19-7-4-18-5-8-19)20(11-1-2-11)6-3-16(12)21;1-7-3-5-8(6-4-7)11(2,9)10/h2-5,8-9,14-15,19H,6-7,10-13,16H2,1H3;3,6,9-11,18H,1-2,4-5,7-8H2;3-6H,1-2H3. The first kappa shape index (κ1) is 42.3. The van der Waals surface area contributed by atoms with Crippen molar-refractivity contribution in [3.63, 3.8) is 0 Å². The molecular formula is C48H54F2N6O4S. The quantitative estimate of drug-likeness (QED) is 0.178. The number of rotatable bonds is 7. The van der Waals surface area contributed by atoms with Gasteiger partial charge in [0.05, 0.1) is 27.3 Å². The van der Waals surface area contributed by atoms with E-state index in [1.165, 1.54) is 29.5 Å². The largest absolute Gasteiger partial charge is 0.367 e. The number of aryl methyl sites for hydroxylation is 2. The third kappa shape index (κ3) is 10.1. The summed E-state index contributed by atoms with van der Waals surface area (Å²) < 4.78 is 55.5. The van der Waals surface area contributed by atoms with Gasteiger partial charge in [-0.25, -0.2) is 17.2 Å². The molecule has 2 saturated carbocycles. The fourth-order valence-corrected chi connectivity index (χ4v) is 8.81. The number of piperazine rings is 2. The Morgan fingerprint density at radius 1 is 0.607 bits per heavy atom. The molecule has 0 bridgehead atoms. The van der Waals surface area contributed by atoms with Crippen molar-refractivity contribution < 1.29 is 17.2 Å². The van der Waals surface area contributed by atoms with Gasteiger partial charge in [0, 0.05) is 113 Å². The SMILES string of the molecule is Cc1ccc(CN2CCN(c3cc4c(cc3F)c(=O)ccn4C3CC3)CC2)cc1.Cc1ccc(S(C)(=O)=O)cc1.O=c1ccn(C2CC2)c2cc(N3CCNCC3)c(F)cc12.